The number of ether oxygens (including phenoxy) is 1. The molecular weight excluding hydrogens is 376 g/mol. The SMILES string of the molecule is COc1ccc([C@H](C)NC(=O)CCc2ccc(S(=O)(=O)NC3CC3)cc2)cc1. The quantitative estimate of drug-likeness (QED) is 0.675. The van der Waals surface area contributed by atoms with Gasteiger partial charge in [0.1, 0.15) is 5.75 Å². The molecule has 0 aromatic heterocycles. The molecule has 0 aliphatic heterocycles. The zero-order chi connectivity index (χ0) is 20.1. The van der Waals surface area contributed by atoms with Crippen LogP contribution in [0.4, 0.5) is 0 Å². The molecule has 2 N–H and O–H groups in total. The monoisotopic (exact) mass is 402 g/mol. The van der Waals surface area contributed by atoms with Crippen molar-refractivity contribution < 1.29 is 17.9 Å². The minimum atomic E-state index is -3.43. The van der Waals surface area contributed by atoms with Crippen LogP contribution < -0.4 is 14.8 Å². The van der Waals surface area contributed by atoms with E-state index in [9.17, 15) is 13.2 Å². The third-order valence-electron chi connectivity index (χ3n) is 4.77. The molecule has 2 aromatic carbocycles. The highest BCUT2D eigenvalue weighted by molar-refractivity contribution is 7.89. The van der Waals surface area contributed by atoms with Crippen LogP contribution in [-0.2, 0) is 21.2 Å². The van der Waals surface area contributed by atoms with Gasteiger partial charge in [0.05, 0.1) is 18.0 Å². The zero-order valence-corrected chi connectivity index (χ0v) is 17.0. The van der Waals surface area contributed by atoms with Gasteiger partial charge in [-0.15, -0.1) is 0 Å². The lowest BCUT2D eigenvalue weighted by Crippen LogP contribution is -2.27. The Labute approximate surface area is 166 Å². The summed E-state index contributed by atoms with van der Waals surface area (Å²) in [6, 6.07) is 14.3. The molecule has 2 aromatic rings. The predicted molar refractivity (Wildman–Crippen MR) is 108 cm³/mol. The minimum Gasteiger partial charge on any atom is -0.497 e. The summed E-state index contributed by atoms with van der Waals surface area (Å²) in [6.45, 7) is 1.94. The van der Waals surface area contributed by atoms with E-state index in [-0.39, 0.29) is 22.9 Å². The van der Waals surface area contributed by atoms with E-state index in [1.165, 1.54) is 0 Å². The number of methoxy groups -OCH3 is 1. The second kappa shape index (κ2) is 8.75. The van der Waals surface area contributed by atoms with Crippen molar-refractivity contribution in [1.82, 2.24) is 10.0 Å². The van der Waals surface area contributed by atoms with E-state index >= 15 is 0 Å². The molecule has 1 atom stereocenters. The van der Waals surface area contributed by atoms with Crippen LogP contribution in [0.3, 0.4) is 0 Å². The summed E-state index contributed by atoms with van der Waals surface area (Å²) in [5.41, 5.74) is 1.93. The van der Waals surface area contributed by atoms with Crippen molar-refractivity contribution in [2.24, 2.45) is 0 Å². The van der Waals surface area contributed by atoms with Crippen LogP contribution in [0.1, 0.15) is 43.4 Å². The van der Waals surface area contributed by atoms with Crippen molar-refractivity contribution in [3.05, 3.63) is 59.7 Å². The van der Waals surface area contributed by atoms with Gasteiger partial charge < -0.3 is 10.1 Å². The highest BCUT2D eigenvalue weighted by Crippen LogP contribution is 2.22. The molecule has 28 heavy (non-hydrogen) atoms. The van der Waals surface area contributed by atoms with E-state index in [1.807, 2.05) is 31.2 Å². The van der Waals surface area contributed by atoms with Gasteiger partial charge >= 0.3 is 0 Å². The van der Waals surface area contributed by atoms with Crippen molar-refractivity contribution in [1.29, 1.82) is 0 Å². The van der Waals surface area contributed by atoms with Gasteiger partial charge in [-0.3, -0.25) is 4.79 Å². The Morgan fingerprint density at radius 2 is 1.75 bits per heavy atom. The van der Waals surface area contributed by atoms with Crippen LogP contribution in [-0.4, -0.2) is 27.5 Å². The Kier molecular flexibility index (Phi) is 6.36. The second-order valence-electron chi connectivity index (χ2n) is 7.10. The molecule has 0 saturated heterocycles. The fourth-order valence-electron chi connectivity index (χ4n) is 2.87. The third kappa shape index (κ3) is 5.56. The number of aryl methyl sites for hydroxylation is 1. The van der Waals surface area contributed by atoms with E-state index < -0.39 is 10.0 Å². The molecule has 1 saturated carbocycles. The predicted octanol–water partition coefficient (Wildman–Crippen LogP) is 2.95. The summed E-state index contributed by atoms with van der Waals surface area (Å²) < 4.78 is 32.1. The fourth-order valence-corrected chi connectivity index (χ4v) is 4.18. The number of nitrogens with one attached hydrogen (secondary N) is 2. The van der Waals surface area contributed by atoms with Gasteiger partial charge in [-0.2, -0.15) is 0 Å². The van der Waals surface area contributed by atoms with Crippen LogP contribution in [0.25, 0.3) is 0 Å². The lowest BCUT2D eigenvalue weighted by molar-refractivity contribution is -0.121. The van der Waals surface area contributed by atoms with Crippen molar-refractivity contribution >= 4 is 15.9 Å². The second-order valence-corrected chi connectivity index (χ2v) is 8.82. The summed E-state index contributed by atoms with van der Waals surface area (Å²) in [7, 11) is -1.82. The molecule has 0 unspecified atom stereocenters. The first kappa shape index (κ1) is 20.4. The molecule has 7 heteroatoms. The van der Waals surface area contributed by atoms with Gasteiger partial charge in [-0.25, -0.2) is 13.1 Å². The first-order valence-corrected chi connectivity index (χ1v) is 10.9. The van der Waals surface area contributed by atoms with E-state index in [0.29, 0.717) is 12.8 Å². The highest BCUT2D eigenvalue weighted by Gasteiger charge is 2.27. The molecule has 6 nitrogen and oxygen atoms in total. The summed E-state index contributed by atoms with van der Waals surface area (Å²) >= 11 is 0. The summed E-state index contributed by atoms with van der Waals surface area (Å²) in [5.74, 6) is 0.732. The topological polar surface area (TPSA) is 84.5 Å². The molecule has 0 bridgehead atoms. The largest absolute Gasteiger partial charge is 0.497 e. The standard InChI is InChI=1S/C21H26N2O4S/c1-15(17-6-10-19(27-2)11-7-17)22-21(24)14-5-16-3-12-20(13-4-16)28(25,26)23-18-8-9-18/h3-4,6-7,10-13,15,18,23H,5,8-9,14H2,1-2H3,(H,22,24)/t15-/m0/s1. The average molecular weight is 403 g/mol. The van der Waals surface area contributed by atoms with Crippen molar-refractivity contribution in [3.8, 4) is 5.75 Å². The normalized spacial score (nSPS) is 15.1. The van der Waals surface area contributed by atoms with Gasteiger partial charge in [0, 0.05) is 12.5 Å². The van der Waals surface area contributed by atoms with Gasteiger partial charge in [0.2, 0.25) is 15.9 Å². The van der Waals surface area contributed by atoms with E-state index in [4.69, 9.17) is 4.74 Å². The maximum absolute atomic E-state index is 12.2. The number of benzene rings is 2. The summed E-state index contributed by atoms with van der Waals surface area (Å²) in [5, 5.41) is 2.98. The molecule has 1 amide bonds. The van der Waals surface area contributed by atoms with Gasteiger partial charge in [-0.1, -0.05) is 24.3 Å². The Balaban J connectivity index is 1.49. The molecule has 0 spiro atoms. The number of rotatable bonds is 9. The maximum atomic E-state index is 12.2. The number of carbonyl (C=O) groups is 1. The highest BCUT2D eigenvalue weighted by atomic mass is 32.2. The molecule has 150 valence electrons. The lowest BCUT2D eigenvalue weighted by Gasteiger charge is -2.15. The third-order valence-corrected chi connectivity index (χ3v) is 6.30. The van der Waals surface area contributed by atoms with Crippen LogP contribution in [0, 0.1) is 0 Å². The molecule has 1 fully saturated rings. The van der Waals surface area contributed by atoms with Gasteiger partial charge in [-0.05, 0) is 61.6 Å². The van der Waals surface area contributed by atoms with Crippen molar-refractivity contribution in [3.63, 3.8) is 0 Å². The maximum Gasteiger partial charge on any atom is 0.240 e. The molecule has 0 radical (unpaired) electrons. The summed E-state index contributed by atoms with van der Waals surface area (Å²) in [6.07, 6.45) is 2.70. The number of carbonyl (C=O) groups excluding carboxylic acids is 1. The Morgan fingerprint density at radius 1 is 1.11 bits per heavy atom. The van der Waals surface area contributed by atoms with E-state index in [1.54, 1.807) is 31.4 Å². The van der Waals surface area contributed by atoms with Crippen LogP contribution in [0.15, 0.2) is 53.4 Å². The summed E-state index contributed by atoms with van der Waals surface area (Å²) in [4.78, 5) is 12.5. The van der Waals surface area contributed by atoms with Gasteiger partial charge in [0.25, 0.3) is 0 Å². The fraction of sp³-hybridized carbons (Fsp3) is 0.381. The van der Waals surface area contributed by atoms with E-state index in [0.717, 1.165) is 29.7 Å². The molecular formula is C21H26N2O4S. The molecule has 0 heterocycles. The average Bonchev–Trinajstić information content (AvgIpc) is 3.50. The lowest BCUT2D eigenvalue weighted by atomic mass is 10.1. The Bertz CT molecular complexity index is 904. The molecule has 3 rings (SSSR count). The minimum absolute atomic E-state index is 0.0459. The van der Waals surface area contributed by atoms with Crippen LogP contribution in [0.5, 0.6) is 5.75 Å². The number of hydrogen-bond donors (Lipinski definition) is 2. The van der Waals surface area contributed by atoms with Crippen LogP contribution in [0.2, 0.25) is 0 Å². The first-order chi connectivity index (χ1) is 13.4. The first-order valence-electron chi connectivity index (χ1n) is 9.42. The number of hydrogen-bond acceptors (Lipinski definition) is 4. The van der Waals surface area contributed by atoms with E-state index in [2.05, 4.69) is 10.0 Å². The number of amides is 1. The van der Waals surface area contributed by atoms with Gasteiger partial charge in [0.15, 0.2) is 0 Å². The van der Waals surface area contributed by atoms with Crippen molar-refractivity contribution in [2.75, 3.05) is 7.11 Å². The van der Waals surface area contributed by atoms with Crippen LogP contribution >= 0.6 is 0 Å². The molecule has 1 aliphatic rings. The Morgan fingerprint density at radius 3 is 2.32 bits per heavy atom. The smallest absolute Gasteiger partial charge is 0.240 e. The Hall–Kier alpha value is -2.38. The number of sulfonamides is 1. The van der Waals surface area contributed by atoms with Crippen molar-refractivity contribution in [2.45, 2.75) is 49.6 Å². The molecule has 1 aliphatic carbocycles. The zero-order valence-electron chi connectivity index (χ0n) is 16.1.